The maximum Gasteiger partial charge on any atom is 0.263 e. The molecule has 1 N–H and O–H groups in total. The Bertz CT molecular complexity index is 1280. The van der Waals surface area contributed by atoms with Crippen LogP contribution in [0.4, 0.5) is 14.6 Å². The van der Waals surface area contributed by atoms with E-state index in [2.05, 4.69) is 5.32 Å². The van der Waals surface area contributed by atoms with Gasteiger partial charge in [-0.25, -0.2) is 8.78 Å². The van der Waals surface area contributed by atoms with Gasteiger partial charge in [-0.3, -0.25) is 14.2 Å². The molecule has 0 saturated carbocycles. The number of nitrogens with zero attached hydrogens (tertiary/aromatic N) is 2. The Balaban J connectivity index is 2.19. The third kappa shape index (κ3) is 2.49. The number of pyridine rings is 1. The zero-order chi connectivity index (χ0) is 20.2. The summed E-state index contributed by atoms with van der Waals surface area (Å²) in [7, 11) is 0. The lowest BCUT2D eigenvalue weighted by atomic mass is 9.96. The summed E-state index contributed by atoms with van der Waals surface area (Å²) in [6, 6.07) is 7.29. The van der Waals surface area contributed by atoms with Crippen LogP contribution < -0.4 is 10.9 Å². The van der Waals surface area contributed by atoms with Gasteiger partial charge in [-0.2, -0.15) is 5.26 Å². The van der Waals surface area contributed by atoms with Crippen LogP contribution in [0.15, 0.2) is 29.1 Å². The van der Waals surface area contributed by atoms with E-state index in [1.165, 1.54) is 34.9 Å². The van der Waals surface area contributed by atoms with Crippen LogP contribution in [-0.4, -0.2) is 16.9 Å². The number of rotatable bonds is 2. The van der Waals surface area contributed by atoms with Crippen molar-refractivity contribution in [2.24, 2.45) is 0 Å². The van der Waals surface area contributed by atoms with Gasteiger partial charge in [0, 0.05) is 29.1 Å². The van der Waals surface area contributed by atoms with Gasteiger partial charge in [-0.1, -0.05) is 23.2 Å². The minimum Gasteiger partial charge on any atom is -0.369 e. The van der Waals surface area contributed by atoms with E-state index in [1.807, 2.05) is 0 Å². The van der Waals surface area contributed by atoms with Crippen molar-refractivity contribution in [3.63, 3.8) is 0 Å². The largest absolute Gasteiger partial charge is 0.369 e. The normalized spacial score (nSPS) is 12.5. The number of hydrogen-bond acceptors (Lipinski definition) is 4. The molecule has 0 radical (unpaired) electrons. The van der Waals surface area contributed by atoms with Gasteiger partial charge in [-0.15, -0.1) is 0 Å². The second-order valence-corrected chi connectivity index (χ2v) is 6.94. The van der Waals surface area contributed by atoms with E-state index in [0.29, 0.717) is 11.6 Å². The SMILES string of the molecule is N#Cc1c(F)c(Cl)c2c(C(=O)c3ccc(Cl)cc3)c3n(c(=O)c2c1F)CCN3. The maximum absolute atomic E-state index is 14.9. The molecule has 1 aromatic heterocycles. The first kappa shape index (κ1) is 18.4. The van der Waals surface area contributed by atoms with E-state index in [0.717, 1.165) is 0 Å². The fourth-order valence-corrected chi connectivity index (χ4v) is 3.74. The third-order valence-electron chi connectivity index (χ3n) is 4.61. The van der Waals surface area contributed by atoms with Crippen LogP contribution in [0.5, 0.6) is 0 Å². The molecule has 2 aromatic carbocycles. The van der Waals surface area contributed by atoms with Crippen molar-refractivity contribution >= 4 is 45.6 Å². The number of ketones is 1. The lowest BCUT2D eigenvalue weighted by Crippen LogP contribution is -2.23. The molecule has 2 heterocycles. The van der Waals surface area contributed by atoms with Crippen molar-refractivity contribution in [3.8, 4) is 6.07 Å². The number of nitrogens with one attached hydrogen (secondary N) is 1. The van der Waals surface area contributed by atoms with Crippen LogP contribution in [0.25, 0.3) is 10.8 Å². The molecule has 5 nitrogen and oxygen atoms in total. The summed E-state index contributed by atoms with van der Waals surface area (Å²) in [4.78, 5) is 26.0. The van der Waals surface area contributed by atoms with E-state index < -0.39 is 38.9 Å². The number of halogens is 4. The first-order chi connectivity index (χ1) is 13.4. The monoisotopic (exact) mass is 419 g/mol. The highest BCUT2D eigenvalue weighted by molar-refractivity contribution is 6.38. The van der Waals surface area contributed by atoms with Crippen LogP contribution in [0.1, 0.15) is 21.5 Å². The Morgan fingerprint density at radius 2 is 1.82 bits per heavy atom. The molecule has 28 heavy (non-hydrogen) atoms. The lowest BCUT2D eigenvalue weighted by Gasteiger charge is -2.15. The molecule has 0 unspecified atom stereocenters. The van der Waals surface area contributed by atoms with Gasteiger partial charge < -0.3 is 5.32 Å². The van der Waals surface area contributed by atoms with E-state index in [-0.39, 0.29) is 28.9 Å². The first-order valence-corrected chi connectivity index (χ1v) is 8.83. The minimum atomic E-state index is -1.34. The van der Waals surface area contributed by atoms with Crippen molar-refractivity contribution in [3.05, 3.63) is 73.0 Å². The molecule has 140 valence electrons. The van der Waals surface area contributed by atoms with Gasteiger partial charge in [0.05, 0.1) is 16.0 Å². The molecule has 3 aromatic rings. The number of aromatic nitrogens is 1. The zero-order valence-electron chi connectivity index (χ0n) is 13.9. The highest BCUT2D eigenvalue weighted by Gasteiger charge is 2.31. The Labute approximate surface area is 166 Å². The summed E-state index contributed by atoms with van der Waals surface area (Å²) in [6.07, 6.45) is 0. The number of benzene rings is 2. The topological polar surface area (TPSA) is 74.9 Å². The quantitative estimate of drug-likeness (QED) is 0.500. The number of fused-ring (bicyclic) bond motifs is 2. The molecule has 4 rings (SSSR count). The first-order valence-electron chi connectivity index (χ1n) is 8.08. The number of anilines is 1. The van der Waals surface area contributed by atoms with Crippen LogP contribution >= 0.6 is 23.2 Å². The van der Waals surface area contributed by atoms with Crippen molar-refractivity contribution in [2.75, 3.05) is 11.9 Å². The Hall–Kier alpha value is -2.95. The molecule has 1 aliphatic rings. The van der Waals surface area contributed by atoms with Crippen molar-refractivity contribution in [2.45, 2.75) is 6.54 Å². The Morgan fingerprint density at radius 1 is 1.14 bits per heavy atom. The van der Waals surface area contributed by atoms with Crippen molar-refractivity contribution < 1.29 is 13.6 Å². The number of hydrogen-bond donors (Lipinski definition) is 1. The summed E-state index contributed by atoms with van der Waals surface area (Å²) in [5.74, 6) is -3.12. The average Bonchev–Trinajstić information content (AvgIpc) is 3.16. The van der Waals surface area contributed by atoms with Gasteiger partial charge in [0.15, 0.2) is 17.4 Å². The second-order valence-electron chi connectivity index (χ2n) is 6.12. The summed E-state index contributed by atoms with van der Waals surface area (Å²) in [5.41, 5.74) is -1.70. The van der Waals surface area contributed by atoms with E-state index in [9.17, 15) is 18.4 Å². The molecule has 1 aliphatic heterocycles. The highest BCUT2D eigenvalue weighted by atomic mass is 35.5. The Morgan fingerprint density at radius 3 is 2.46 bits per heavy atom. The second kappa shape index (κ2) is 6.59. The summed E-state index contributed by atoms with van der Waals surface area (Å²) < 4.78 is 30.6. The minimum absolute atomic E-state index is 0.128. The smallest absolute Gasteiger partial charge is 0.263 e. The molecule has 0 amide bonds. The maximum atomic E-state index is 14.9. The van der Waals surface area contributed by atoms with Gasteiger partial charge >= 0.3 is 0 Å². The van der Waals surface area contributed by atoms with Crippen LogP contribution in [0.2, 0.25) is 10.0 Å². The summed E-state index contributed by atoms with van der Waals surface area (Å²) >= 11 is 11.9. The molecule has 0 fully saturated rings. The van der Waals surface area contributed by atoms with E-state index in [4.69, 9.17) is 28.5 Å². The molecule has 0 saturated heterocycles. The molecular formula is C19H9Cl2F2N3O2. The summed E-state index contributed by atoms with van der Waals surface area (Å²) in [5, 5.41) is 10.8. The van der Waals surface area contributed by atoms with Gasteiger partial charge in [0.25, 0.3) is 5.56 Å². The predicted molar refractivity (Wildman–Crippen MR) is 101 cm³/mol. The molecule has 9 heteroatoms. The summed E-state index contributed by atoms with van der Waals surface area (Å²) in [6.45, 7) is 0.501. The highest BCUT2D eigenvalue weighted by Crippen LogP contribution is 2.37. The fraction of sp³-hybridized carbons (Fsp3) is 0.105. The van der Waals surface area contributed by atoms with Crippen LogP contribution in [0.3, 0.4) is 0 Å². The van der Waals surface area contributed by atoms with Gasteiger partial charge in [-0.05, 0) is 24.3 Å². The van der Waals surface area contributed by atoms with E-state index >= 15 is 0 Å². The third-order valence-corrected chi connectivity index (χ3v) is 5.22. The Kier molecular flexibility index (Phi) is 4.33. The van der Waals surface area contributed by atoms with Gasteiger partial charge in [0.2, 0.25) is 0 Å². The van der Waals surface area contributed by atoms with Crippen molar-refractivity contribution in [1.29, 1.82) is 5.26 Å². The average molecular weight is 420 g/mol. The number of carbonyl (C=O) groups is 1. The predicted octanol–water partition coefficient (Wildman–Crippen LogP) is 4.11. The fourth-order valence-electron chi connectivity index (χ4n) is 3.33. The molecular weight excluding hydrogens is 411 g/mol. The lowest BCUT2D eigenvalue weighted by molar-refractivity contribution is 0.104. The van der Waals surface area contributed by atoms with Crippen LogP contribution in [0, 0.1) is 23.0 Å². The number of nitriles is 1. The number of carbonyl (C=O) groups excluding carboxylic acids is 1. The zero-order valence-corrected chi connectivity index (χ0v) is 15.5. The molecule has 0 bridgehead atoms. The van der Waals surface area contributed by atoms with E-state index in [1.54, 1.807) is 0 Å². The van der Waals surface area contributed by atoms with Gasteiger partial charge in [0.1, 0.15) is 17.5 Å². The molecule has 0 atom stereocenters. The molecule has 0 spiro atoms. The van der Waals surface area contributed by atoms with Crippen molar-refractivity contribution in [1.82, 2.24) is 4.57 Å². The van der Waals surface area contributed by atoms with Crippen LogP contribution in [-0.2, 0) is 6.54 Å². The molecule has 0 aliphatic carbocycles. The standard InChI is InChI=1S/C19H9Cl2F2N3O2/c20-9-3-1-8(2-4-9)17(27)13-11-12(19(28)26-6-5-25-18(13)26)15(22)10(7-24)16(23)14(11)21/h1-4,25H,5-6H2.